The number of thiophene rings is 1. The summed E-state index contributed by atoms with van der Waals surface area (Å²) in [5, 5.41) is 0. The lowest BCUT2D eigenvalue weighted by atomic mass is 10.1. The van der Waals surface area contributed by atoms with E-state index < -0.39 is 10.0 Å². The Morgan fingerprint density at radius 3 is 2.75 bits per heavy atom. The molecule has 1 aliphatic rings. The molecule has 20 heavy (non-hydrogen) atoms. The van der Waals surface area contributed by atoms with Crippen LogP contribution in [0.15, 0.2) is 22.6 Å². The summed E-state index contributed by atoms with van der Waals surface area (Å²) in [5.41, 5.74) is 6.74. The van der Waals surface area contributed by atoms with E-state index in [9.17, 15) is 8.42 Å². The van der Waals surface area contributed by atoms with E-state index in [0.717, 1.165) is 21.7 Å². The number of aryl methyl sites for hydroxylation is 1. The van der Waals surface area contributed by atoms with Crippen molar-refractivity contribution in [3.8, 4) is 0 Å². The molecule has 5 nitrogen and oxygen atoms in total. The topological polar surface area (TPSA) is 72.6 Å². The third kappa shape index (κ3) is 3.12. The first-order chi connectivity index (χ1) is 9.48. The number of nitrogens with zero attached hydrogens (tertiary/aromatic N) is 1. The summed E-state index contributed by atoms with van der Waals surface area (Å²) in [6.07, 6.45) is 2.66. The number of sulfonamides is 1. The van der Waals surface area contributed by atoms with Crippen LogP contribution in [0.4, 0.5) is 0 Å². The average Bonchev–Trinajstić information content (AvgIpc) is 2.82. The highest BCUT2D eigenvalue weighted by Crippen LogP contribution is 2.29. The molecule has 0 aromatic carbocycles. The van der Waals surface area contributed by atoms with Gasteiger partial charge in [-0.1, -0.05) is 6.08 Å². The first-order valence-corrected chi connectivity index (χ1v) is 8.71. The van der Waals surface area contributed by atoms with Crippen molar-refractivity contribution in [2.24, 2.45) is 5.73 Å². The maximum absolute atomic E-state index is 12.6. The summed E-state index contributed by atoms with van der Waals surface area (Å²) >= 11 is 1.45. The smallest absolute Gasteiger partial charge is 0.244 e. The first-order valence-electron chi connectivity index (χ1n) is 6.45. The summed E-state index contributed by atoms with van der Waals surface area (Å²) in [5.74, 6) is 0. The number of nitrogens with two attached hydrogens (primary N) is 1. The van der Waals surface area contributed by atoms with Crippen molar-refractivity contribution in [3.63, 3.8) is 0 Å². The molecule has 1 aromatic rings. The Hall–Kier alpha value is -0.730. The quantitative estimate of drug-likeness (QED) is 0.835. The van der Waals surface area contributed by atoms with Crippen LogP contribution in [0.1, 0.15) is 16.2 Å². The van der Waals surface area contributed by atoms with Crippen LogP contribution in [0.5, 0.6) is 0 Å². The molecule has 0 bridgehead atoms. The molecular weight excluding hydrogens is 296 g/mol. The van der Waals surface area contributed by atoms with Gasteiger partial charge in [0, 0.05) is 36.5 Å². The Labute approximate surface area is 124 Å². The van der Waals surface area contributed by atoms with E-state index in [1.165, 1.54) is 15.6 Å². The van der Waals surface area contributed by atoms with E-state index in [1.54, 1.807) is 13.2 Å². The number of hydrogen-bond acceptors (Lipinski definition) is 5. The molecule has 0 amide bonds. The fourth-order valence-electron chi connectivity index (χ4n) is 2.25. The molecule has 2 N–H and O–H groups in total. The van der Waals surface area contributed by atoms with Crippen LogP contribution in [-0.2, 0) is 21.3 Å². The minimum Gasteiger partial charge on any atom is -0.380 e. The molecule has 0 saturated carbocycles. The van der Waals surface area contributed by atoms with Gasteiger partial charge in [0.1, 0.15) is 0 Å². The van der Waals surface area contributed by atoms with Crippen molar-refractivity contribution < 1.29 is 13.2 Å². The highest BCUT2D eigenvalue weighted by atomic mass is 32.2. The largest absolute Gasteiger partial charge is 0.380 e. The molecule has 0 radical (unpaired) electrons. The van der Waals surface area contributed by atoms with Crippen LogP contribution in [0, 0.1) is 6.92 Å². The number of hydrogen-bond donors (Lipinski definition) is 1. The molecule has 0 fully saturated rings. The minimum absolute atomic E-state index is 0.374. The lowest BCUT2D eigenvalue weighted by molar-refractivity contribution is 0.219. The highest BCUT2D eigenvalue weighted by molar-refractivity contribution is 7.89. The molecule has 0 atom stereocenters. The van der Waals surface area contributed by atoms with Gasteiger partial charge in [-0.15, -0.1) is 11.3 Å². The zero-order valence-electron chi connectivity index (χ0n) is 11.8. The second kappa shape index (κ2) is 6.36. The summed E-state index contributed by atoms with van der Waals surface area (Å²) in [6, 6.07) is 1.70. The van der Waals surface area contributed by atoms with Crippen molar-refractivity contribution in [3.05, 3.63) is 27.5 Å². The normalized spacial score (nSPS) is 17.2. The van der Waals surface area contributed by atoms with E-state index in [0.29, 0.717) is 31.1 Å². The molecule has 2 rings (SSSR count). The second-order valence-electron chi connectivity index (χ2n) is 4.75. The van der Waals surface area contributed by atoms with E-state index >= 15 is 0 Å². The molecule has 7 heteroatoms. The molecule has 0 aliphatic carbocycles. The Bertz CT molecular complexity index is 605. The summed E-state index contributed by atoms with van der Waals surface area (Å²) in [7, 11) is -1.77. The van der Waals surface area contributed by atoms with Crippen molar-refractivity contribution in [2.75, 3.05) is 26.8 Å². The molecular formula is C13H20N2O3S2. The first kappa shape index (κ1) is 15.7. The molecule has 2 heterocycles. The number of ether oxygens (including phenoxy) is 1. The van der Waals surface area contributed by atoms with E-state index in [-0.39, 0.29) is 0 Å². The summed E-state index contributed by atoms with van der Waals surface area (Å²) < 4.78 is 31.9. The van der Waals surface area contributed by atoms with Gasteiger partial charge in [0.05, 0.1) is 11.5 Å². The SMILES string of the molecule is COCC1=CCN(S(=O)(=O)c2cc(CN)sc2C)CC1. The second-order valence-corrected chi connectivity index (χ2v) is 7.99. The van der Waals surface area contributed by atoms with E-state index in [1.807, 2.05) is 13.0 Å². The van der Waals surface area contributed by atoms with Crippen LogP contribution in [0.2, 0.25) is 0 Å². The fourth-order valence-corrected chi connectivity index (χ4v) is 5.11. The van der Waals surface area contributed by atoms with Gasteiger partial charge in [0.2, 0.25) is 10.0 Å². The monoisotopic (exact) mass is 316 g/mol. The van der Waals surface area contributed by atoms with Gasteiger partial charge in [-0.25, -0.2) is 8.42 Å². The fraction of sp³-hybridized carbons (Fsp3) is 0.538. The third-order valence-corrected chi connectivity index (χ3v) is 6.53. The van der Waals surface area contributed by atoms with Crippen molar-refractivity contribution in [1.82, 2.24) is 4.31 Å². The van der Waals surface area contributed by atoms with Gasteiger partial charge < -0.3 is 10.5 Å². The predicted molar refractivity (Wildman–Crippen MR) is 80.3 cm³/mol. The van der Waals surface area contributed by atoms with Crippen LogP contribution in [-0.4, -0.2) is 39.5 Å². The Balaban J connectivity index is 2.21. The van der Waals surface area contributed by atoms with Gasteiger partial charge in [0.25, 0.3) is 0 Å². The van der Waals surface area contributed by atoms with Crippen LogP contribution in [0.25, 0.3) is 0 Å². The van der Waals surface area contributed by atoms with Gasteiger partial charge in [-0.05, 0) is 25.0 Å². The van der Waals surface area contributed by atoms with Crippen molar-refractivity contribution >= 4 is 21.4 Å². The standard InChI is InChI=1S/C13H20N2O3S2/c1-10-13(7-12(8-14)19-10)20(16,17)15-5-3-11(4-6-15)9-18-2/h3,7H,4-6,8-9,14H2,1-2H3. The summed E-state index contributed by atoms with van der Waals surface area (Å²) in [6.45, 7) is 3.69. The number of methoxy groups -OCH3 is 1. The Kier molecular flexibility index (Phi) is 4.98. The zero-order chi connectivity index (χ0) is 14.8. The molecule has 0 saturated heterocycles. The molecule has 1 aliphatic heterocycles. The molecule has 0 unspecified atom stereocenters. The number of rotatable bonds is 5. The Morgan fingerprint density at radius 2 is 2.25 bits per heavy atom. The zero-order valence-corrected chi connectivity index (χ0v) is 13.4. The maximum Gasteiger partial charge on any atom is 0.244 e. The minimum atomic E-state index is -3.42. The molecule has 1 aromatic heterocycles. The van der Waals surface area contributed by atoms with Gasteiger partial charge >= 0.3 is 0 Å². The highest BCUT2D eigenvalue weighted by Gasteiger charge is 2.28. The maximum atomic E-state index is 12.6. The van der Waals surface area contributed by atoms with E-state index in [2.05, 4.69) is 0 Å². The van der Waals surface area contributed by atoms with Crippen LogP contribution >= 0.6 is 11.3 Å². The average molecular weight is 316 g/mol. The van der Waals surface area contributed by atoms with Gasteiger partial charge in [-0.3, -0.25) is 0 Å². The third-order valence-electron chi connectivity index (χ3n) is 3.34. The molecule has 112 valence electrons. The van der Waals surface area contributed by atoms with Gasteiger partial charge in [-0.2, -0.15) is 4.31 Å². The van der Waals surface area contributed by atoms with Crippen LogP contribution in [0.3, 0.4) is 0 Å². The van der Waals surface area contributed by atoms with E-state index in [4.69, 9.17) is 10.5 Å². The summed E-state index contributed by atoms with van der Waals surface area (Å²) in [4.78, 5) is 2.09. The van der Waals surface area contributed by atoms with Crippen molar-refractivity contribution in [2.45, 2.75) is 24.8 Å². The Morgan fingerprint density at radius 1 is 1.50 bits per heavy atom. The predicted octanol–water partition coefficient (Wildman–Crippen LogP) is 1.48. The van der Waals surface area contributed by atoms with Gasteiger partial charge in [0.15, 0.2) is 0 Å². The van der Waals surface area contributed by atoms with Crippen LogP contribution < -0.4 is 5.73 Å². The lowest BCUT2D eigenvalue weighted by Crippen LogP contribution is -2.35. The molecule has 0 spiro atoms. The van der Waals surface area contributed by atoms with Crippen molar-refractivity contribution in [1.29, 1.82) is 0 Å². The lowest BCUT2D eigenvalue weighted by Gasteiger charge is -2.25.